The number of hydrogen-bond acceptors (Lipinski definition) is 3. The van der Waals surface area contributed by atoms with Gasteiger partial charge in [-0.1, -0.05) is 6.92 Å². The van der Waals surface area contributed by atoms with Crippen molar-refractivity contribution < 1.29 is 18.7 Å². The van der Waals surface area contributed by atoms with E-state index in [4.69, 9.17) is 4.42 Å². The van der Waals surface area contributed by atoms with Crippen LogP contribution in [0.2, 0.25) is 0 Å². The van der Waals surface area contributed by atoms with Crippen molar-refractivity contribution in [1.82, 2.24) is 0 Å². The number of carbonyl (C=O) groups is 1. The molecule has 3 rings (SSSR count). The molecule has 0 aliphatic carbocycles. The number of carbonyl (C=O) groups excluding carboxylic acids is 1. The first-order valence-corrected chi connectivity index (χ1v) is 7.54. The average Bonchev–Trinajstić information content (AvgIpc) is 2.87. The van der Waals surface area contributed by atoms with Gasteiger partial charge in [0.15, 0.2) is 5.78 Å². The molecule has 112 valence electrons. The number of halogens is 2. The highest BCUT2D eigenvalue weighted by atomic mass is 79.9. The number of benzene rings is 2. The predicted molar refractivity (Wildman–Crippen MR) is 84.8 cm³/mol. The standard InChI is InChI=1S/C17H12BrFO3/c1-2-14-16(11-8-10(19)4-6-15(11)22-14)17(21)9-3-5-13(20)12(18)7-9/h3-8,20H,2H2,1H3. The van der Waals surface area contributed by atoms with E-state index in [0.29, 0.717) is 38.7 Å². The van der Waals surface area contributed by atoms with Crippen molar-refractivity contribution in [1.29, 1.82) is 0 Å². The molecular weight excluding hydrogens is 351 g/mol. The van der Waals surface area contributed by atoms with E-state index in [9.17, 15) is 14.3 Å². The van der Waals surface area contributed by atoms with Crippen LogP contribution >= 0.6 is 15.9 Å². The summed E-state index contributed by atoms with van der Waals surface area (Å²) in [5, 5.41) is 10.0. The van der Waals surface area contributed by atoms with E-state index in [1.54, 1.807) is 0 Å². The van der Waals surface area contributed by atoms with Crippen molar-refractivity contribution in [2.24, 2.45) is 0 Å². The Labute approximate surface area is 134 Å². The molecule has 2 aromatic carbocycles. The number of aryl methyl sites for hydroxylation is 1. The van der Waals surface area contributed by atoms with E-state index in [-0.39, 0.29) is 11.5 Å². The number of furan rings is 1. The van der Waals surface area contributed by atoms with Gasteiger partial charge in [0.1, 0.15) is 22.9 Å². The molecule has 1 heterocycles. The van der Waals surface area contributed by atoms with Crippen molar-refractivity contribution in [3.63, 3.8) is 0 Å². The lowest BCUT2D eigenvalue weighted by molar-refractivity contribution is 0.103. The molecule has 3 nitrogen and oxygen atoms in total. The number of aromatic hydroxyl groups is 1. The summed E-state index contributed by atoms with van der Waals surface area (Å²) in [4.78, 5) is 12.8. The summed E-state index contributed by atoms with van der Waals surface area (Å²) in [5.74, 6) is -0.107. The van der Waals surface area contributed by atoms with Crippen LogP contribution in [0.1, 0.15) is 28.6 Å². The number of hydrogen-bond donors (Lipinski definition) is 1. The number of phenolic OH excluding ortho intramolecular Hbond substituents is 1. The van der Waals surface area contributed by atoms with Crippen molar-refractivity contribution in [2.45, 2.75) is 13.3 Å². The molecule has 0 spiro atoms. The molecule has 3 aromatic rings. The van der Waals surface area contributed by atoms with Crippen LogP contribution in [0.15, 0.2) is 45.3 Å². The fraction of sp³-hybridized carbons (Fsp3) is 0.118. The Morgan fingerprint density at radius 3 is 2.73 bits per heavy atom. The Kier molecular flexibility index (Phi) is 3.74. The summed E-state index contributed by atoms with van der Waals surface area (Å²) < 4.78 is 19.6. The molecule has 0 atom stereocenters. The highest BCUT2D eigenvalue weighted by molar-refractivity contribution is 9.10. The zero-order chi connectivity index (χ0) is 15.9. The predicted octanol–water partition coefficient (Wildman–Crippen LogP) is 4.83. The minimum absolute atomic E-state index is 0.0513. The number of rotatable bonds is 3. The Balaban J connectivity index is 2.21. The second kappa shape index (κ2) is 5.57. The lowest BCUT2D eigenvalue weighted by atomic mass is 9.99. The Morgan fingerprint density at radius 1 is 1.27 bits per heavy atom. The van der Waals surface area contributed by atoms with Crippen molar-refractivity contribution in [3.8, 4) is 5.75 Å². The Hall–Kier alpha value is -2.14. The van der Waals surface area contributed by atoms with Gasteiger partial charge in [-0.3, -0.25) is 4.79 Å². The quantitative estimate of drug-likeness (QED) is 0.678. The van der Waals surface area contributed by atoms with Crippen molar-refractivity contribution in [3.05, 3.63) is 63.6 Å². The van der Waals surface area contributed by atoms with Gasteiger partial charge in [0.25, 0.3) is 0 Å². The van der Waals surface area contributed by atoms with Crippen LogP contribution in [0.5, 0.6) is 5.75 Å². The van der Waals surface area contributed by atoms with Crippen LogP contribution < -0.4 is 0 Å². The first-order valence-electron chi connectivity index (χ1n) is 6.75. The molecule has 0 saturated heterocycles. The Morgan fingerprint density at radius 2 is 2.05 bits per heavy atom. The highest BCUT2D eigenvalue weighted by Gasteiger charge is 2.22. The molecule has 0 bridgehead atoms. The van der Waals surface area contributed by atoms with Crippen LogP contribution in [-0.4, -0.2) is 10.9 Å². The van der Waals surface area contributed by atoms with E-state index in [1.807, 2.05) is 6.92 Å². The zero-order valence-electron chi connectivity index (χ0n) is 11.7. The van der Waals surface area contributed by atoms with Crippen LogP contribution in [0.3, 0.4) is 0 Å². The first kappa shape index (κ1) is 14.8. The van der Waals surface area contributed by atoms with Crippen LogP contribution in [0.25, 0.3) is 11.0 Å². The van der Waals surface area contributed by atoms with E-state index in [2.05, 4.69) is 15.9 Å². The second-order valence-electron chi connectivity index (χ2n) is 4.89. The third-order valence-electron chi connectivity index (χ3n) is 3.48. The van der Waals surface area contributed by atoms with Gasteiger partial charge < -0.3 is 9.52 Å². The molecule has 0 unspecified atom stereocenters. The van der Waals surface area contributed by atoms with Gasteiger partial charge in [-0.05, 0) is 52.3 Å². The fourth-order valence-corrected chi connectivity index (χ4v) is 2.79. The van der Waals surface area contributed by atoms with Gasteiger partial charge in [-0.25, -0.2) is 4.39 Å². The van der Waals surface area contributed by atoms with Gasteiger partial charge in [-0.15, -0.1) is 0 Å². The maximum Gasteiger partial charge on any atom is 0.197 e. The SMILES string of the molecule is CCc1oc2ccc(F)cc2c1C(=O)c1ccc(O)c(Br)c1. The first-order chi connectivity index (χ1) is 10.5. The fourth-order valence-electron chi connectivity index (χ4n) is 2.41. The van der Waals surface area contributed by atoms with Gasteiger partial charge >= 0.3 is 0 Å². The van der Waals surface area contributed by atoms with Crippen LogP contribution in [0.4, 0.5) is 4.39 Å². The molecule has 0 amide bonds. The van der Waals surface area contributed by atoms with Crippen molar-refractivity contribution >= 4 is 32.7 Å². The molecule has 1 aromatic heterocycles. The molecule has 0 saturated carbocycles. The summed E-state index contributed by atoms with van der Waals surface area (Å²) in [7, 11) is 0. The van der Waals surface area contributed by atoms with Crippen molar-refractivity contribution in [2.75, 3.05) is 0 Å². The van der Waals surface area contributed by atoms with E-state index in [1.165, 1.54) is 36.4 Å². The van der Waals surface area contributed by atoms with Gasteiger partial charge in [0, 0.05) is 17.4 Å². The average molecular weight is 363 g/mol. The molecule has 0 fully saturated rings. The van der Waals surface area contributed by atoms with Gasteiger partial charge in [0.2, 0.25) is 0 Å². The van der Waals surface area contributed by atoms with Crippen LogP contribution in [0, 0.1) is 5.82 Å². The summed E-state index contributed by atoms with van der Waals surface area (Å²) >= 11 is 3.19. The third kappa shape index (κ3) is 2.41. The summed E-state index contributed by atoms with van der Waals surface area (Å²) in [6.07, 6.45) is 0.524. The summed E-state index contributed by atoms with van der Waals surface area (Å²) in [6.45, 7) is 1.87. The minimum Gasteiger partial charge on any atom is -0.507 e. The summed E-state index contributed by atoms with van der Waals surface area (Å²) in [5.41, 5.74) is 1.25. The third-order valence-corrected chi connectivity index (χ3v) is 4.12. The Bertz CT molecular complexity index is 883. The van der Waals surface area contributed by atoms with Gasteiger partial charge in [-0.2, -0.15) is 0 Å². The van der Waals surface area contributed by atoms with E-state index < -0.39 is 5.82 Å². The normalized spacial score (nSPS) is 11.0. The van der Waals surface area contributed by atoms with E-state index >= 15 is 0 Å². The molecular formula is C17H12BrFO3. The molecule has 0 aliphatic rings. The smallest absolute Gasteiger partial charge is 0.197 e. The number of ketones is 1. The monoisotopic (exact) mass is 362 g/mol. The maximum atomic E-state index is 13.5. The minimum atomic E-state index is -0.420. The van der Waals surface area contributed by atoms with Crippen LogP contribution in [-0.2, 0) is 6.42 Å². The zero-order valence-corrected chi connectivity index (χ0v) is 13.3. The molecule has 22 heavy (non-hydrogen) atoms. The number of phenols is 1. The number of fused-ring (bicyclic) bond motifs is 1. The highest BCUT2D eigenvalue weighted by Crippen LogP contribution is 2.31. The van der Waals surface area contributed by atoms with E-state index in [0.717, 1.165) is 0 Å². The molecule has 0 aliphatic heterocycles. The topological polar surface area (TPSA) is 50.4 Å². The molecule has 1 N–H and O–H groups in total. The molecule has 5 heteroatoms. The lowest BCUT2D eigenvalue weighted by Gasteiger charge is -2.04. The largest absolute Gasteiger partial charge is 0.507 e. The molecule has 0 radical (unpaired) electrons. The summed E-state index contributed by atoms with van der Waals surface area (Å²) in [6, 6.07) is 8.63. The van der Waals surface area contributed by atoms with Gasteiger partial charge in [0.05, 0.1) is 10.0 Å². The maximum absolute atomic E-state index is 13.5. The lowest BCUT2D eigenvalue weighted by Crippen LogP contribution is -2.03. The second-order valence-corrected chi connectivity index (χ2v) is 5.74.